The van der Waals surface area contributed by atoms with Gasteiger partial charge in [0.15, 0.2) is 0 Å². The van der Waals surface area contributed by atoms with Crippen molar-refractivity contribution in [3.8, 4) is 0 Å². The summed E-state index contributed by atoms with van der Waals surface area (Å²) in [5.74, 6) is 0.569. The van der Waals surface area contributed by atoms with Gasteiger partial charge in [0.25, 0.3) is 0 Å². The van der Waals surface area contributed by atoms with Crippen molar-refractivity contribution < 1.29 is 4.74 Å². The van der Waals surface area contributed by atoms with Gasteiger partial charge in [-0.3, -0.25) is 4.98 Å². The Bertz CT molecular complexity index is 315. The molecule has 1 aliphatic heterocycles. The van der Waals surface area contributed by atoms with Gasteiger partial charge in [0.1, 0.15) is 0 Å². The number of aromatic nitrogens is 1. The van der Waals surface area contributed by atoms with E-state index in [1.165, 1.54) is 5.56 Å². The second-order valence-corrected chi connectivity index (χ2v) is 4.46. The maximum absolute atomic E-state index is 5.65. The molecule has 3 heteroatoms. The van der Waals surface area contributed by atoms with Gasteiger partial charge in [-0.15, -0.1) is 0 Å². The quantitative estimate of drug-likeness (QED) is 0.844. The summed E-state index contributed by atoms with van der Waals surface area (Å²) >= 11 is 0. The fourth-order valence-corrected chi connectivity index (χ4v) is 2.42. The van der Waals surface area contributed by atoms with Crippen molar-refractivity contribution in [2.24, 2.45) is 5.92 Å². The van der Waals surface area contributed by atoms with E-state index >= 15 is 0 Å². The highest BCUT2D eigenvalue weighted by molar-refractivity contribution is 5.15. The van der Waals surface area contributed by atoms with Crippen LogP contribution in [0.2, 0.25) is 0 Å². The van der Waals surface area contributed by atoms with E-state index in [4.69, 9.17) is 4.74 Å². The normalized spacial score (nSPS) is 26.9. The molecule has 0 spiro atoms. The van der Waals surface area contributed by atoms with Crippen LogP contribution in [0.1, 0.15) is 31.9 Å². The van der Waals surface area contributed by atoms with Gasteiger partial charge in [-0.25, -0.2) is 0 Å². The van der Waals surface area contributed by atoms with Gasteiger partial charge >= 0.3 is 0 Å². The van der Waals surface area contributed by atoms with E-state index in [-0.39, 0.29) is 0 Å². The molecule has 3 atom stereocenters. The first-order valence-electron chi connectivity index (χ1n) is 6.06. The van der Waals surface area contributed by atoms with Crippen molar-refractivity contribution in [3.05, 3.63) is 30.1 Å². The van der Waals surface area contributed by atoms with Gasteiger partial charge in [0.2, 0.25) is 0 Å². The molecule has 0 aliphatic carbocycles. The van der Waals surface area contributed by atoms with Crippen LogP contribution in [0.3, 0.4) is 0 Å². The molecule has 3 nitrogen and oxygen atoms in total. The molecule has 16 heavy (non-hydrogen) atoms. The van der Waals surface area contributed by atoms with Crippen molar-refractivity contribution in [2.75, 3.05) is 13.2 Å². The molecule has 0 radical (unpaired) electrons. The third kappa shape index (κ3) is 2.60. The molecule has 2 heterocycles. The Hall–Kier alpha value is -0.930. The Morgan fingerprint density at radius 1 is 1.62 bits per heavy atom. The zero-order valence-electron chi connectivity index (χ0n) is 10.0. The molecule has 1 fully saturated rings. The second-order valence-electron chi connectivity index (χ2n) is 4.46. The van der Waals surface area contributed by atoms with Crippen LogP contribution in [0, 0.1) is 5.92 Å². The number of pyridine rings is 1. The molecule has 1 N–H and O–H groups in total. The van der Waals surface area contributed by atoms with Crippen molar-refractivity contribution in [1.29, 1.82) is 0 Å². The number of hydrogen-bond donors (Lipinski definition) is 1. The second kappa shape index (κ2) is 5.41. The Kier molecular flexibility index (Phi) is 3.91. The Morgan fingerprint density at radius 2 is 2.50 bits per heavy atom. The fraction of sp³-hybridized carbons (Fsp3) is 0.615. The Labute approximate surface area is 97.2 Å². The Balaban J connectivity index is 2.11. The number of hydrogen-bond acceptors (Lipinski definition) is 3. The van der Waals surface area contributed by atoms with E-state index in [2.05, 4.69) is 30.2 Å². The number of ether oxygens (including phenoxy) is 1. The molecule has 88 valence electrons. The van der Waals surface area contributed by atoms with E-state index < -0.39 is 0 Å². The van der Waals surface area contributed by atoms with E-state index in [1.807, 2.05) is 18.5 Å². The number of nitrogens with zero attached hydrogens (tertiary/aromatic N) is 1. The molecule has 0 bridgehead atoms. The van der Waals surface area contributed by atoms with Crippen LogP contribution in [0.4, 0.5) is 0 Å². The molecular formula is C13H20N2O. The molecule has 0 amide bonds. The first kappa shape index (κ1) is 11.6. The summed E-state index contributed by atoms with van der Waals surface area (Å²) in [6, 6.07) is 4.52. The number of nitrogens with one attached hydrogen (secondary N) is 1. The Morgan fingerprint density at radius 3 is 3.06 bits per heavy atom. The highest BCUT2D eigenvalue weighted by Crippen LogP contribution is 2.31. The van der Waals surface area contributed by atoms with Crippen LogP contribution in [0.15, 0.2) is 24.5 Å². The summed E-state index contributed by atoms with van der Waals surface area (Å²) in [5.41, 5.74) is 1.27. The SMILES string of the molecule is CCNC(c1cccnc1)C1COC(C)C1. The van der Waals surface area contributed by atoms with Crippen LogP contribution in [0.25, 0.3) is 0 Å². The van der Waals surface area contributed by atoms with Gasteiger partial charge in [-0.1, -0.05) is 13.0 Å². The minimum atomic E-state index is 0.378. The van der Waals surface area contributed by atoms with Crippen LogP contribution in [0.5, 0.6) is 0 Å². The summed E-state index contributed by atoms with van der Waals surface area (Å²) < 4.78 is 5.65. The monoisotopic (exact) mass is 220 g/mol. The third-order valence-corrected chi connectivity index (χ3v) is 3.17. The van der Waals surface area contributed by atoms with Crippen LogP contribution >= 0.6 is 0 Å². The predicted octanol–water partition coefficient (Wildman–Crippen LogP) is 2.16. The zero-order chi connectivity index (χ0) is 11.4. The maximum atomic E-state index is 5.65. The molecule has 1 aromatic heterocycles. The summed E-state index contributed by atoms with van der Waals surface area (Å²) in [4.78, 5) is 4.20. The van der Waals surface area contributed by atoms with E-state index in [0.717, 1.165) is 19.6 Å². The van der Waals surface area contributed by atoms with E-state index in [0.29, 0.717) is 18.1 Å². The van der Waals surface area contributed by atoms with Crippen molar-refractivity contribution in [2.45, 2.75) is 32.4 Å². The molecule has 1 aromatic rings. The summed E-state index contributed by atoms with van der Waals surface area (Å²) in [7, 11) is 0. The van der Waals surface area contributed by atoms with Gasteiger partial charge < -0.3 is 10.1 Å². The van der Waals surface area contributed by atoms with Gasteiger partial charge in [0, 0.05) is 24.4 Å². The summed E-state index contributed by atoms with van der Waals surface area (Å²) in [6.07, 6.45) is 5.30. The minimum Gasteiger partial charge on any atom is -0.378 e. The summed E-state index contributed by atoms with van der Waals surface area (Å²) in [6.45, 7) is 6.12. The smallest absolute Gasteiger partial charge is 0.0551 e. The molecular weight excluding hydrogens is 200 g/mol. The van der Waals surface area contributed by atoms with Crippen molar-refractivity contribution in [3.63, 3.8) is 0 Å². The van der Waals surface area contributed by atoms with Crippen LogP contribution < -0.4 is 5.32 Å². The van der Waals surface area contributed by atoms with Gasteiger partial charge in [0.05, 0.1) is 12.7 Å². The van der Waals surface area contributed by atoms with Crippen LogP contribution in [-0.2, 0) is 4.74 Å². The van der Waals surface area contributed by atoms with E-state index in [9.17, 15) is 0 Å². The first-order valence-corrected chi connectivity index (χ1v) is 6.06. The number of rotatable bonds is 4. The standard InChI is InChI=1S/C13H20N2O/c1-3-15-13(11-5-4-6-14-8-11)12-7-10(2)16-9-12/h4-6,8,10,12-13,15H,3,7,9H2,1-2H3. The average molecular weight is 220 g/mol. The lowest BCUT2D eigenvalue weighted by atomic mass is 9.92. The van der Waals surface area contributed by atoms with Gasteiger partial charge in [-0.2, -0.15) is 0 Å². The molecule has 1 saturated heterocycles. The fourth-order valence-electron chi connectivity index (χ4n) is 2.42. The van der Waals surface area contributed by atoms with Crippen molar-refractivity contribution in [1.82, 2.24) is 10.3 Å². The average Bonchev–Trinajstić information content (AvgIpc) is 2.74. The third-order valence-electron chi connectivity index (χ3n) is 3.17. The molecule has 1 aliphatic rings. The molecule has 0 aromatic carbocycles. The zero-order valence-corrected chi connectivity index (χ0v) is 10.0. The lowest BCUT2D eigenvalue weighted by Gasteiger charge is -2.23. The highest BCUT2D eigenvalue weighted by atomic mass is 16.5. The molecule has 2 rings (SSSR count). The lowest BCUT2D eigenvalue weighted by Crippen LogP contribution is -2.28. The first-order chi connectivity index (χ1) is 7.81. The predicted molar refractivity (Wildman–Crippen MR) is 64.2 cm³/mol. The van der Waals surface area contributed by atoms with Crippen LogP contribution in [-0.4, -0.2) is 24.2 Å². The van der Waals surface area contributed by atoms with E-state index in [1.54, 1.807) is 0 Å². The topological polar surface area (TPSA) is 34.2 Å². The van der Waals surface area contributed by atoms with Crippen molar-refractivity contribution >= 4 is 0 Å². The van der Waals surface area contributed by atoms with Gasteiger partial charge in [-0.05, 0) is 31.5 Å². The largest absolute Gasteiger partial charge is 0.378 e. The molecule has 0 saturated carbocycles. The minimum absolute atomic E-state index is 0.378. The summed E-state index contributed by atoms with van der Waals surface area (Å²) in [5, 5.41) is 3.54. The molecule has 3 unspecified atom stereocenters. The maximum Gasteiger partial charge on any atom is 0.0551 e. The lowest BCUT2D eigenvalue weighted by molar-refractivity contribution is 0.117. The highest BCUT2D eigenvalue weighted by Gasteiger charge is 2.30.